The maximum atomic E-state index is 12.4. The van der Waals surface area contributed by atoms with E-state index in [1.807, 2.05) is 17.0 Å². The second-order valence-electron chi connectivity index (χ2n) is 6.16. The topological polar surface area (TPSA) is 125 Å². The number of hydrogen-bond acceptors (Lipinski definition) is 4. The van der Waals surface area contributed by atoms with Crippen molar-refractivity contribution in [3.05, 3.63) is 35.4 Å². The minimum Gasteiger partial charge on any atom is -0.384 e. The van der Waals surface area contributed by atoms with Crippen molar-refractivity contribution >= 4 is 17.6 Å². The number of nitrogen functional groups attached to an aromatic ring is 1. The minimum absolute atomic E-state index is 0.0156. The first-order valence-corrected chi connectivity index (χ1v) is 8.16. The van der Waals surface area contributed by atoms with Crippen LogP contribution in [0.3, 0.4) is 0 Å². The van der Waals surface area contributed by atoms with Crippen molar-refractivity contribution in [2.45, 2.75) is 44.8 Å². The number of hydrogen-bond donors (Lipinski definition) is 4. The van der Waals surface area contributed by atoms with Crippen LogP contribution < -0.4 is 16.8 Å². The van der Waals surface area contributed by atoms with Gasteiger partial charge in [0.25, 0.3) is 0 Å². The lowest BCUT2D eigenvalue weighted by Gasteiger charge is -2.37. The normalized spacial score (nSPS) is 19.5. The van der Waals surface area contributed by atoms with E-state index in [1.165, 1.54) is 0 Å². The van der Waals surface area contributed by atoms with Crippen LogP contribution in [0.4, 0.5) is 0 Å². The molecule has 0 spiro atoms. The van der Waals surface area contributed by atoms with Crippen molar-refractivity contribution in [2.24, 2.45) is 11.5 Å². The molecule has 7 nitrogen and oxygen atoms in total. The number of nitrogens with one attached hydrogen (secondary N) is 2. The smallest absolute Gasteiger partial charge is 0.237 e. The number of carbonyl (C=O) groups is 2. The van der Waals surface area contributed by atoms with Gasteiger partial charge in [0.2, 0.25) is 11.8 Å². The molecule has 130 valence electrons. The fourth-order valence-electron chi connectivity index (χ4n) is 3.01. The number of nitrogens with zero attached hydrogens (tertiary/aromatic N) is 1. The molecule has 1 aromatic carbocycles. The number of nitrogens with two attached hydrogens (primary N) is 2. The van der Waals surface area contributed by atoms with Crippen LogP contribution in [0.1, 0.15) is 37.3 Å². The number of amides is 2. The van der Waals surface area contributed by atoms with Gasteiger partial charge in [0.15, 0.2) is 0 Å². The number of likely N-dealkylation sites (tertiary alicyclic amines) is 1. The van der Waals surface area contributed by atoms with Crippen LogP contribution in [0.5, 0.6) is 0 Å². The van der Waals surface area contributed by atoms with Gasteiger partial charge in [-0.15, -0.1) is 0 Å². The van der Waals surface area contributed by atoms with Gasteiger partial charge in [0.1, 0.15) is 5.84 Å². The maximum Gasteiger partial charge on any atom is 0.237 e. The van der Waals surface area contributed by atoms with Gasteiger partial charge in [-0.2, -0.15) is 0 Å². The van der Waals surface area contributed by atoms with Crippen molar-refractivity contribution in [1.82, 2.24) is 10.2 Å². The predicted molar refractivity (Wildman–Crippen MR) is 92.3 cm³/mol. The Morgan fingerprint density at radius 3 is 2.54 bits per heavy atom. The lowest BCUT2D eigenvalue weighted by Crippen LogP contribution is -2.55. The fourth-order valence-corrected chi connectivity index (χ4v) is 3.01. The van der Waals surface area contributed by atoms with E-state index in [0.29, 0.717) is 25.1 Å². The van der Waals surface area contributed by atoms with Gasteiger partial charge in [-0.1, -0.05) is 30.7 Å². The Bertz CT molecular complexity index is 614. The van der Waals surface area contributed by atoms with E-state index in [4.69, 9.17) is 16.9 Å². The summed E-state index contributed by atoms with van der Waals surface area (Å²) in [5.41, 5.74) is 12.4. The van der Waals surface area contributed by atoms with Gasteiger partial charge in [0.05, 0.1) is 12.1 Å². The first-order valence-electron chi connectivity index (χ1n) is 8.16. The third-order valence-corrected chi connectivity index (χ3v) is 4.48. The maximum absolute atomic E-state index is 12.4. The van der Waals surface area contributed by atoms with Gasteiger partial charge in [-0.05, 0) is 31.9 Å². The summed E-state index contributed by atoms with van der Waals surface area (Å²) in [5.74, 6) is -0.477. The zero-order chi connectivity index (χ0) is 17.7. The molecule has 2 atom stereocenters. The summed E-state index contributed by atoms with van der Waals surface area (Å²) in [4.78, 5) is 25.9. The van der Waals surface area contributed by atoms with E-state index >= 15 is 0 Å². The molecule has 1 saturated heterocycles. The monoisotopic (exact) mass is 331 g/mol. The average molecular weight is 331 g/mol. The second-order valence-corrected chi connectivity index (χ2v) is 6.16. The van der Waals surface area contributed by atoms with Gasteiger partial charge >= 0.3 is 0 Å². The average Bonchev–Trinajstić information content (AvgIpc) is 2.59. The standard InChI is InChI=1S/C17H25N5O2/c1-11(22-9-3-2-4-14(22)16(20)23)17(24)21-10-12-5-7-13(8-6-12)15(18)19/h5-8,11,14H,2-4,9-10H2,1H3,(H3,18,19)(H2,20,23)(H,21,24)/t11-,14?/m0/s1. The van der Waals surface area contributed by atoms with E-state index < -0.39 is 6.04 Å². The van der Waals surface area contributed by atoms with Crippen molar-refractivity contribution < 1.29 is 9.59 Å². The van der Waals surface area contributed by atoms with Crippen molar-refractivity contribution in [3.63, 3.8) is 0 Å². The number of piperidine rings is 1. The summed E-state index contributed by atoms with van der Waals surface area (Å²) >= 11 is 0. The van der Waals surface area contributed by atoms with Gasteiger partial charge < -0.3 is 16.8 Å². The molecule has 0 bridgehead atoms. The molecule has 1 heterocycles. The number of carbonyl (C=O) groups excluding carboxylic acids is 2. The number of rotatable bonds is 6. The molecule has 0 saturated carbocycles. The molecule has 1 aromatic rings. The van der Waals surface area contributed by atoms with Crippen LogP contribution >= 0.6 is 0 Å². The highest BCUT2D eigenvalue weighted by atomic mass is 16.2. The Labute approximate surface area is 141 Å². The van der Waals surface area contributed by atoms with E-state index in [-0.39, 0.29) is 23.7 Å². The quantitative estimate of drug-likeness (QED) is 0.442. The molecule has 2 rings (SSSR count). The van der Waals surface area contributed by atoms with Gasteiger partial charge in [-0.25, -0.2) is 0 Å². The molecule has 1 unspecified atom stereocenters. The summed E-state index contributed by atoms with van der Waals surface area (Å²) in [5, 5.41) is 10.3. The van der Waals surface area contributed by atoms with E-state index in [0.717, 1.165) is 18.4 Å². The van der Waals surface area contributed by atoms with E-state index in [9.17, 15) is 9.59 Å². The SMILES string of the molecule is C[C@@H](C(=O)NCc1ccc(C(=N)N)cc1)N1CCCCC1C(N)=O. The molecule has 1 aliphatic rings. The Balaban J connectivity index is 1.93. The van der Waals surface area contributed by atoms with Crippen molar-refractivity contribution in [3.8, 4) is 0 Å². The second kappa shape index (κ2) is 7.92. The third-order valence-electron chi connectivity index (χ3n) is 4.48. The molecule has 0 radical (unpaired) electrons. The molecule has 7 heteroatoms. The molecule has 0 aliphatic carbocycles. The van der Waals surface area contributed by atoms with Crippen LogP contribution in [0, 0.1) is 5.41 Å². The third kappa shape index (κ3) is 4.32. The lowest BCUT2D eigenvalue weighted by molar-refractivity contribution is -0.132. The van der Waals surface area contributed by atoms with Crippen LogP contribution in [-0.4, -0.2) is 41.2 Å². The lowest BCUT2D eigenvalue weighted by atomic mass is 9.99. The number of primary amides is 1. The molecule has 2 amide bonds. The molecule has 0 aromatic heterocycles. The zero-order valence-corrected chi connectivity index (χ0v) is 13.9. The van der Waals surface area contributed by atoms with Crippen LogP contribution in [0.15, 0.2) is 24.3 Å². The zero-order valence-electron chi connectivity index (χ0n) is 13.9. The minimum atomic E-state index is -0.403. The first kappa shape index (κ1) is 17.9. The molecule has 6 N–H and O–H groups in total. The summed E-state index contributed by atoms with van der Waals surface area (Å²) in [6.45, 7) is 2.89. The fraction of sp³-hybridized carbons (Fsp3) is 0.471. The van der Waals surface area contributed by atoms with Crippen molar-refractivity contribution in [2.75, 3.05) is 6.54 Å². The van der Waals surface area contributed by atoms with Crippen molar-refractivity contribution in [1.29, 1.82) is 5.41 Å². The van der Waals surface area contributed by atoms with Crippen LogP contribution in [-0.2, 0) is 16.1 Å². The van der Waals surface area contributed by atoms with Crippen LogP contribution in [0.25, 0.3) is 0 Å². The Morgan fingerprint density at radius 2 is 1.96 bits per heavy atom. The number of amidine groups is 1. The summed E-state index contributed by atoms with van der Waals surface area (Å²) < 4.78 is 0. The molecule has 1 aliphatic heterocycles. The number of benzene rings is 1. The largest absolute Gasteiger partial charge is 0.384 e. The molecule has 1 fully saturated rings. The summed E-state index contributed by atoms with van der Waals surface area (Å²) in [6, 6.07) is 6.39. The molecular formula is C17H25N5O2. The predicted octanol–water partition coefficient (Wildman–Crippen LogP) is 0.315. The van der Waals surface area contributed by atoms with E-state index in [2.05, 4.69) is 5.32 Å². The highest BCUT2D eigenvalue weighted by Crippen LogP contribution is 2.19. The molecular weight excluding hydrogens is 306 g/mol. The Morgan fingerprint density at radius 1 is 1.29 bits per heavy atom. The molecule has 24 heavy (non-hydrogen) atoms. The van der Waals surface area contributed by atoms with Gasteiger partial charge in [-0.3, -0.25) is 19.9 Å². The van der Waals surface area contributed by atoms with Crippen LogP contribution in [0.2, 0.25) is 0 Å². The van der Waals surface area contributed by atoms with E-state index in [1.54, 1.807) is 19.1 Å². The first-order chi connectivity index (χ1) is 11.4. The Kier molecular flexibility index (Phi) is 5.92. The summed E-state index contributed by atoms with van der Waals surface area (Å²) in [7, 11) is 0. The summed E-state index contributed by atoms with van der Waals surface area (Å²) in [6.07, 6.45) is 2.63. The van der Waals surface area contributed by atoms with Gasteiger partial charge in [0, 0.05) is 12.1 Å². The Hall–Kier alpha value is -2.41. The highest BCUT2D eigenvalue weighted by molar-refractivity contribution is 5.94. The highest BCUT2D eigenvalue weighted by Gasteiger charge is 2.33.